The smallest absolute Gasteiger partial charge is 0.119 e. The van der Waals surface area contributed by atoms with Crippen molar-refractivity contribution in [3.8, 4) is 11.8 Å². The molecule has 1 aromatic rings. The number of ether oxygens (including phenoxy) is 1. The standard InChI is InChI=1S/C16H22N2O3/c17-9-13-1-3-16(4-2-13)21-12-15(20)11-18-7-5-14(10-18)6-8-19/h1-4,14-15,19-20H,5-8,10-12H2. The highest BCUT2D eigenvalue weighted by Gasteiger charge is 2.23. The van der Waals surface area contributed by atoms with E-state index in [1.165, 1.54) is 0 Å². The number of nitriles is 1. The fraction of sp³-hybridized carbons (Fsp3) is 0.562. The summed E-state index contributed by atoms with van der Waals surface area (Å²) >= 11 is 0. The third-order valence-corrected chi connectivity index (χ3v) is 3.80. The van der Waals surface area contributed by atoms with Crippen molar-refractivity contribution in [3.63, 3.8) is 0 Å². The molecule has 0 radical (unpaired) electrons. The zero-order chi connectivity index (χ0) is 15.1. The Kier molecular flexibility index (Phi) is 6.00. The van der Waals surface area contributed by atoms with Gasteiger partial charge in [0, 0.05) is 19.7 Å². The molecular weight excluding hydrogens is 268 g/mol. The molecule has 0 spiro atoms. The van der Waals surface area contributed by atoms with Crippen LogP contribution in [0, 0.1) is 17.2 Å². The maximum Gasteiger partial charge on any atom is 0.119 e. The topological polar surface area (TPSA) is 76.7 Å². The van der Waals surface area contributed by atoms with E-state index < -0.39 is 6.10 Å². The van der Waals surface area contributed by atoms with Crippen LogP contribution in [-0.2, 0) is 0 Å². The van der Waals surface area contributed by atoms with E-state index in [1.807, 2.05) is 0 Å². The van der Waals surface area contributed by atoms with E-state index in [9.17, 15) is 5.11 Å². The van der Waals surface area contributed by atoms with Gasteiger partial charge in [-0.1, -0.05) is 0 Å². The molecule has 0 aromatic heterocycles. The largest absolute Gasteiger partial charge is 0.491 e. The molecule has 0 bridgehead atoms. The summed E-state index contributed by atoms with van der Waals surface area (Å²) < 4.78 is 5.53. The molecule has 1 aliphatic heterocycles. The van der Waals surface area contributed by atoms with Crippen molar-refractivity contribution in [2.75, 3.05) is 32.8 Å². The molecule has 0 aliphatic carbocycles. The average molecular weight is 290 g/mol. The van der Waals surface area contributed by atoms with Gasteiger partial charge in [0.25, 0.3) is 0 Å². The Balaban J connectivity index is 1.70. The van der Waals surface area contributed by atoms with Gasteiger partial charge in [-0.3, -0.25) is 0 Å². The highest BCUT2D eigenvalue weighted by atomic mass is 16.5. The SMILES string of the molecule is N#Cc1ccc(OCC(O)CN2CCC(CCO)C2)cc1. The normalized spacial score (nSPS) is 20.1. The fourth-order valence-corrected chi connectivity index (χ4v) is 2.67. The number of β-amino-alcohol motifs (C(OH)–C–C–N with tert-alkyl or cyclic N) is 1. The molecule has 1 heterocycles. The van der Waals surface area contributed by atoms with E-state index in [4.69, 9.17) is 15.1 Å². The second kappa shape index (κ2) is 7.99. The zero-order valence-electron chi connectivity index (χ0n) is 12.1. The third-order valence-electron chi connectivity index (χ3n) is 3.80. The van der Waals surface area contributed by atoms with E-state index in [1.54, 1.807) is 24.3 Å². The highest BCUT2D eigenvalue weighted by Crippen LogP contribution is 2.19. The van der Waals surface area contributed by atoms with Crippen molar-refractivity contribution in [1.29, 1.82) is 5.26 Å². The highest BCUT2D eigenvalue weighted by molar-refractivity contribution is 5.34. The lowest BCUT2D eigenvalue weighted by molar-refractivity contribution is 0.0743. The first-order valence-corrected chi connectivity index (χ1v) is 7.35. The number of aliphatic hydroxyl groups excluding tert-OH is 2. The number of aliphatic hydroxyl groups is 2. The van der Waals surface area contributed by atoms with Crippen molar-refractivity contribution in [1.82, 2.24) is 4.90 Å². The van der Waals surface area contributed by atoms with Crippen molar-refractivity contribution in [2.45, 2.75) is 18.9 Å². The Labute approximate surface area is 125 Å². The number of likely N-dealkylation sites (tertiary alicyclic amines) is 1. The minimum atomic E-state index is -0.534. The van der Waals surface area contributed by atoms with Gasteiger partial charge in [0.15, 0.2) is 0 Å². The lowest BCUT2D eigenvalue weighted by Crippen LogP contribution is -2.34. The molecule has 0 saturated carbocycles. The molecule has 114 valence electrons. The lowest BCUT2D eigenvalue weighted by Gasteiger charge is -2.20. The van der Waals surface area contributed by atoms with Crippen molar-refractivity contribution >= 4 is 0 Å². The first-order chi connectivity index (χ1) is 10.2. The van der Waals surface area contributed by atoms with E-state index >= 15 is 0 Å². The van der Waals surface area contributed by atoms with Gasteiger partial charge < -0.3 is 19.8 Å². The summed E-state index contributed by atoms with van der Waals surface area (Å²) in [5.74, 6) is 1.20. The lowest BCUT2D eigenvalue weighted by atomic mass is 10.1. The molecule has 0 amide bonds. The van der Waals surface area contributed by atoms with Crippen molar-refractivity contribution < 1.29 is 14.9 Å². The fourth-order valence-electron chi connectivity index (χ4n) is 2.67. The monoisotopic (exact) mass is 290 g/mol. The Hall–Kier alpha value is -1.61. The number of nitrogens with zero attached hydrogens (tertiary/aromatic N) is 2. The summed E-state index contributed by atoms with van der Waals surface area (Å²) in [6, 6.07) is 8.91. The molecule has 21 heavy (non-hydrogen) atoms. The summed E-state index contributed by atoms with van der Waals surface area (Å²) in [4.78, 5) is 2.22. The van der Waals surface area contributed by atoms with Gasteiger partial charge >= 0.3 is 0 Å². The molecule has 1 aliphatic rings. The van der Waals surface area contributed by atoms with Crippen LogP contribution in [0.3, 0.4) is 0 Å². The first-order valence-electron chi connectivity index (χ1n) is 7.35. The maximum absolute atomic E-state index is 10.0. The Morgan fingerprint density at radius 1 is 1.38 bits per heavy atom. The van der Waals surface area contributed by atoms with Crippen LogP contribution >= 0.6 is 0 Å². The van der Waals surface area contributed by atoms with Gasteiger partial charge in [-0.15, -0.1) is 0 Å². The predicted molar refractivity (Wildman–Crippen MR) is 78.9 cm³/mol. The maximum atomic E-state index is 10.0. The van der Waals surface area contributed by atoms with Gasteiger partial charge in [0.05, 0.1) is 11.6 Å². The average Bonchev–Trinajstić information content (AvgIpc) is 2.93. The van der Waals surface area contributed by atoms with Crippen LogP contribution in [-0.4, -0.2) is 54.1 Å². The van der Waals surface area contributed by atoms with Gasteiger partial charge in [-0.05, 0) is 49.6 Å². The van der Waals surface area contributed by atoms with Crippen LogP contribution < -0.4 is 4.74 Å². The van der Waals surface area contributed by atoms with Crippen LogP contribution in [0.1, 0.15) is 18.4 Å². The molecule has 2 atom stereocenters. The summed E-state index contributed by atoms with van der Waals surface area (Å²) in [5.41, 5.74) is 0.592. The number of benzene rings is 1. The summed E-state index contributed by atoms with van der Waals surface area (Å²) in [7, 11) is 0. The van der Waals surface area contributed by atoms with Crippen molar-refractivity contribution in [3.05, 3.63) is 29.8 Å². The van der Waals surface area contributed by atoms with Gasteiger partial charge in [0.1, 0.15) is 18.5 Å². The van der Waals surface area contributed by atoms with Gasteiger partial charge in [-0.2, -0.15) is 5.26 Å². The Morgan fingerprint density at radius 3 is 2.81 bits per heavy atom. The minimum Gasteiger partial charge on any atom is -0.491 e. The molecule has 1 fully saturated rings. The molecule has 1 aromatic carbocycles. The summed E-state index contributed by atoms with van der Waals surface area (Å²) in [6.45, 7) is 2.99. The quantitative estimate of drug-likeness (QED) is 0.783. The molecule has 1 saturated heterocycles. The van der Waals surface area contributed by atoms with Crippen LogP contribution in [0.5, 0.6) is 5.75 Å². The van der Waals surface area contributed by atoms with Crippen LogP contribution in [0.15, 0.2) is 24.3 Å². The zero-order valence-corrected chi connectivity index (χ0v) is 12.1. The van der Waals surface area contributed by atoms with E-state index in [0.717, 1.165) is 25.9 Å². The molecule has 5 heteroatoms. The molecular formula is C16H22N2O3. The van der Waals surface area contributed by atoms with Crippen molar-refractivity contribution in [2.24, 2.45) is 5.92 Å². The van der Waals surface area contributed by atoms with Crippen LogP contribution in [0.25, 0.3) is 0 Å². The Bertz CT molecular complexity index is 469. The molecule has 2 unspecified atom stereocenters. The predicted octanol–water partition coefficient (Wildman–Crippen LogP) is 1.00. The van der Waals surface area contributed by atoms with E-state index in [0.29, 0.717) is 23.8 Å². The van der Waals surface area contributed by atoms with Crippen LogP contribution in [0.4, 0.5) is 0 Å². The molecule has 2 rings (SSSR count). The third kappa shape index (κ3) is 5.01. The Morgan fingerprint density at radius 2 is 2.14 bits per heavy atom. The molecule has 5 nitrogen and oxygen atoms in total. The van der Waals surface area contributed by atoms with Gasteiger partial charge in [0.2, 0.25) is 0 Å². The summed E-state index contributed by atoms with van der Waals surface area (Å²) in [6.07, 6.45) is 1.39. The molecule has 2 N–H and O–H groups in total. The second-order valence-corrected chi connectivity index (χ2v) is 5.53. The number of hydrogen-bond donors (Lipinski definition) is 2. The number of hydrogen-bond acceptors (Lipinski definition) is 5. The number of rotatable bonds is 7. The van der Waals surface area contributed by atoms with Crippen LogP contribution in [0.2, 0.25) is 0 Å². The van der Waals surface area contributed by atoms with E-state index in [2.05, 4.69) is 11.0 Å². The first kappa shape index (κ1) is 15.8. The van der Waals surface area contributed by atoms with E-state index in [-0.39, 0.29) is 13.2 Å². The second-order valence-electron chi connectivity index (χ2n) is 5.53. The summed E-state index contributed by atoms with van der Waals surface area (Å²) in [5, 5.41) is 27.7. The van der Waals surface area contributed by atoms with Gasteiger partial charge in [-0.25, -0.2) is 0 Å². The minimum absolute atomic E-state index is 0.239.